The van der Waals surface area contributed by atoms with Crippen LogP contribution in [0.15, 0.2) is 24.3 Å². The number of benzene rings is 1. The number of hydrogen-bond acceptors (Lipinski definition) is 3. The van der Waals surface area contributed by atoms with E-state index in [0.29, 0.717) is 12.8 Å². The molecule has 5 nitrogen and oxygen atoms in total. The lowest BCUT2D eigenvalue weighted by molar-refractivity contribution is -0.149. The van der Waals surface area contributed by atoms with Crippen LogP contribution in [0, 0.1) is 5.82 Å². The quantitative estimate of drug-likeness (QED) is 0.872. The highest BCUT2D eigenvalue weighted by atomic mass is 19.1. The summed E-state index contributed by atoms with van der Waals surface area (Å²) in [5, 5.41) is 11.9. The van der Waals surface area contributed by atoms with Gasteiger partial charge in [0.25, 0.3) is 5.91 Å². The number of hydrogen-bond donors (Lipinski definition) is 2. The van der Waals surface area contributed by atoms with E-state index in [1.54, 1.807) is 0 Å². The van der Waals surface area contributed by atoms with Crippen LogP contribution in [0.4, 0.5) is 4.39 Å². The van der Waals surface area contributed by atoms with Gasteiger partial charge in [-0.15, -0.1) is 0 Å². The van der Waals surface area contributed by atoms with Crippen molar-refractivity contribution < 1.29 is 23.8 Å². The Bertz CT molecular complexity index is 526. The molecule has 114 valence electrons. The lowest BCUT2D eigenvalue weighted by Crippen LogP contribution is -2.56. The van der Waals surface area contributed by atoms with Crippen molar-refractivity contribution >= 4 is 11.9 Å². The molecule has 1 aliphatic rings. The van der Waals surface area contributed by atoms with Gasteiger partial charge >= 0.3 is 5.97 Å². The average molecular weight is 295 g/mol. The van der Waals surface area contributed by atoms with E-state index in [1.807, 2.05) is 0 Å². The first kappa shape index (κ1) is 15.3. The minimum atomic E-state index is -1.19. The molecule has 0 spiro atoms. The van der Waals surface area contributed by atoms with Gasteiger partial charge in [0.2, 0.25) is 0 Å². The SMILES string of the molecule is O=C(COc1cccc(F)c1)NC1(C(=O)O)CCCCC1. The molecule has 1 saturated carbocycles. The molecular weight excluding hydrogens is 277 g/mol. The zero-order valence-corrected chi connectivity index (χ0v) is 11.6. The van der Waals surface area contributed by atoms with Gasteiger partial charge < -0.3 is 15.2 Å². The van der Waals surface area contributed by atoms with E-state index in [2.05, 4.69) is 5.32 Å². The first-order valence-electron chi connectivity index (χ1n) is 6.95. The Morgan fingerprint density at radius 1 is 1.29 bits per heavy atom. The number of carbonyl (C=O) groups excluding carboxylic acids is 1. The zero-order valence-electron chi connectivity index (χ0n) is 11.6. The highest BCUT2D eigenvalue weighted by Crippen LogP contribution is 2.28. The average Bonchev–Trinajstić information content (AvgIpc) is 2.46. The normalized spacial score (nSPS) is 17.0. The van der Waals surface area contributed by atoms with Gasteiger partial charge in [-0.25, -0.2) is 9.18 Å². The lowest BCUT2D eigenvalue weighted by Gasteiger charge is -2.33. The van der Waals surface area contributed by atoms with Crippen molar-refractivity contribution in [1.82, 2.24) is 5.32 Å². The van der Waals surface area contributed by atoms with E-state index >= 15 is 0 Å². The van der Waals surface area contributed by atoms with Crippen molar-refractivity contribution in [2.45, 2.75) is 37.6 Å². The zero-order chi connectivity index (χ0) is 15.3. The van der Waals surface area contributed by atoms with Crippen LogP contribution < -0.4 is 10.1 Å². The Hall–Kier alpha value is -2.11. The Balaban J connectivity index is 1.92. The maximum absolute atomic E-state index is 13.0. The van der Waals surface area contributed by atoms with Gasteiger partial charge in [-0.3, -0.25) is 4.79 Å². The van der Waals surface area contributed by atoms with E-state index < -0.39 is 23.2 Å². The van der Waals surface area contributed by atoms with Crippen LogP contribution in [-0.4, -0.2) is 29.1 Å². The van der Waals surface area contributed by atoms with Crippen molar-refractivity contribution in [3.63, 3.8) is 0 Å². The Labute approximate surface area is 122 Å². The maximum atomic E-state index is 13.0. The second kappa shape index (κ2) is 6.56. The van der Waals surface area contributed by atoms with Crippen LogP contribution >= 0.6 is 0 Å². The third-order valence-electron chi connectivity index (χ3n) is 3.66. The number of carboxylic acids is 1. The number of ether oxygens (including phenoxy) is 1. The van der Waals surface area contributed by atoms with Gasteiger partial charge in [0.05, 0.1) is 0 Å². The van der Waals surface area contributed by atoms with Crippen molar-refractivity contribution in [2.24, 2.45) is 0 Å². The van der Waals surface area contributed by atoms with E-state index in [4.69, 9.17) is 4.74 Å². The minimum absolute atomic E-state index is 0.234. The van der Waals surface area contributed by atoms with Crippen LogP contribution in [0.25, 0.3) is 0 Å². The molecule has 0 bridgehead atoms. The Kier molecular flexibility index (Phi) is 4.77. The van der Waals surface area contributed by atoms with Crippen molar-refractivity contribution in [3.8, 4) is 5.75 Å². The number of halogens is 1. The van der Waals surface area contributed by atoms with E-state index in [1.165, 1.54) is 24.3 Å². The number of nitrogens with one attached hydrogen (secondary N) is 1. The Morgan fingerprint density at radius 2 is 2.00 bits per heavy atom. The largest absolute Gasteiger partial charge is 0.484 e. The highest BCUT2D eigenvalue weighted by molar-refractivity contribution is 5.87. The number of rotatable bonds is 5. The molecule has 1 aliphatic carbocycles. The molecular formula is C15H18FNO4. The summed E-state index contributed by atoms with van der Waals surface area (Å²) in [6, 6.07) is 5.45. The first-order valence-corrected chi connectivity index (χ1v) is 6.95. The number of amides is 1. The van der Waals surface area contributed by atoms with Gasteiger partial charge in [0.1, 0.15) is 17.1 Å². The predicted octanol–water partition coefficient (Wildman–Crippen LogP) is 2.11. The summed E-state index contributed by atoms with van der Waals surface area (Å²) in [4.78, 5) is 23.3. The molecule has 0 saturated heterocycles. The molecule has 2 rings (SSSR count). The fourth-order valence-electron chi connectivity index (χ4n) is 2.56. The standard InChI is InChI=1S/C15H18FNO4/c16-11-5-4-6-12(9-11)21-10-13(18)17-15(14(19)20)7-2-1-3-8-15/h4-6,9H,1-3,7-8,10H2,(H,17,18)(H,19,20). The molecule has 0 aliphatic heterocycles. The molecule has 1 aromatic rings. The minimum Gasteiger partial charge on any atom is -0.484 e. The van der Waals surface area contributed by atoms with Gasteiger partial charge in [0.15, 0.2) is 6.61 Å². The van der Waals surface area contributed by atoms with Gasteiger partial charge in [-0.2, -0.15) is 0 Å². The second-order valence-electron chi connectivity index (χ2n) is 5.24. The molecule has 0 radical (unpaired) electrons. The summed E-state index contributed by atoms with van der Waals surface area (Å²) in [7, 11) is 0. The molecule has 21 heavy (non-hydrogen) atoms. The topological polar surface area (TPSA) is 75.6 Å². The number of carboxylic acid groups (broad SMARTS) is 1. The van der Waals surface area contributed by atoms with Crippen LogP contribution in [0.1, 0.15) is 32.1 Å². The molecule has 1 aromatic carbocycles. The molecule has 0 aromatic heterocycles. The van der Waals surface area contributed by atoms with Crippen LogP contribution in [0.5, 0.6) is 5.75 Å². The predicted molar refractivity (Wildman–Crippen MR) is 73.5 cm³/mol. The third kappa shape index (κ3) is 3.93. The maximum Gasteiger partial charge on any atom is 0.329 e. The van der Waals surface area contributed by atoms with E-state index in [0.717, 1.165) is 19.3 Å². The van der Waals surface area contributed by atoms with Crippen molar-refractivity contribution in [1.29, 1.82) is 0 Å². The fraction of sp³-hybridized carbons (Fsp3) is 0.467. The fourth-order valence-corrected chi connectivity index (χ4v) is 2.56. The van der Waals surface area contributed by atoms with Crippen LogP contribution in [0.3, 0.4) is 0 Å². The summed E-state index contributed by atoms with van der Waals surface area (Å²) in [5.74, 6) is -1.75. The van der Waals surface area contributed by atoms with E-state index in [-0.39, 0.29) is 12.4 Å². The van der Waals surface area contributed by atoms with Crippen molar-refractivity contribution in [2.75, 3.05) is 6.61 Å². The molecule has 0 atom stereocenters. The molecule has 2 N–H and O–H groups in total. The van der Waals surface area contributed by atoms with Gasteiger partial charge in [-0.1, -0.05) is 25.3 Å². The van der Waals surface area contributed by atoms with Crippen LogP contribution in [0.2, 0.25) is 0 Å². The molecule has 1 amide bonds. The molecule has 0 heterocycles. The molecule has 0 unspecified atom stereocenters. The highest BCUT2D eigenvalue weighted by Gasteiger charge is 2.40. The summed E-state index contributed by atoms with van der Waals surface area (Å²) in [5.41, 5.74) is -1.19. The smallest absolute Gasteiger partial charge is 0.329 e. The van der Waals surface area contributed by atoms with Crippen molar-refractivity contribution in [3.05, 3.63) is 30.1 Å². The molecule has 1 fully saturated rings. The first-order chi connectivity index (χ1) is 10.0. The summed E-state index contributed by atoms with van der Waals surface area (Å²) < 4.78 is 18.1. The number of carbonyl (C=O) groups is 2. The lowest BCUT2D eigenvalue weighted by atomic mass is 9.81. The van der Waals surface area contributed by atoms with Crippen LogP contribution in [-0.2, 0) is 9.59 Å². The monoisotopic (exact) mass is 295 g/mol. The second-order valence-corrected chi connectivity index (χ2v) is 5.24. The molecule has 6 heteroatoms. The van der Waals surface area contributed by atoms with E-state index in [9.17, 15) is 19.1 Å². The Morgan fingerprint density at radius 3 is 2.62 bits per heavy atom. The summed E-state index contributed by atoms with van der Waals surface area (Å²) in [6.45, 7) is -0.335. The third-order valence-corrected chi connectivity index (χ3v) is 3.66. The van der Waals surface area contributed by atoms with Gasteiger partial charge in [-0.05, 0) is 25.0 Å². The van der Waals surface area contributed by atoms with Gasteiger partial charge in [0, 0.05) is 6.07 Å². The summed E-state index contributed by atoms with van der Waals surface area (Å²) in [6.07, 6.45) is 3.38. The summed E-state index contributed by atoms with van der Waals surface area (Å²) >= 11 is 0. The number of aliphatic carboxylic acids is 1.